The number of rotatable bonds is 1. The van der Waals surface area contributed by atoms with Crippen LogP contribution in [-0.2, 0) is 12.8 Å². The summed E-state index contributed by atoms with van der Waals surface area (Å²) in [5.74, 6) is 2.27. The van der Waals surface area contributed by atoms with Gasteiger partial charge in [-0.1, -0.05) is 30.1 Å². The average Bonchev–Trinajstić information content (AvgIpc) is 2.58. The molecule has 0 saturated heterocycles. The molecule has 24 heavy (non-hydrogen) atoms. The first-order valence-electron chi connectivity index (χ1n) is 7.98. The molecular formula is C21H17F3. The Morgan fingerprint density at radius 1 is 0.958 bits per heavy atom. The number of hydrogen-bond donors (Lipinski definition) is 0. The average molecular weight is 326 g/mol. The number of hydrogen-bond acceptors (Lipinski definition) is 0. The summed E-state index contributed by atoms with van der Waals surface area (Å²) in [4.78, 5) is 0. The Morgan fingerprint density at radius 2 is 1.67 bits per heavy atom. The van der Waals surface area contributed by atoms with Gasteiger partial charge in [0.15, 0.2) is 17.5 Å². The first kappa shape index (κ1) is 16.4. The quantitative estimate of drug-likeness (QED) is 0.384. The van der Waals surface area contributed by atoms with Gasteiger partial charge < -0.3 is 0 Å². The Labute approximate surface area is 140 Å². The number of allylic oxidation sites excluding steroid dienone is 2. The minimum absolute atomic E-state index is 0.122. The van der Waals surface area contributed by atoms with Gasteiger partial charge in [0.05, 0.1) is 0 Å². The zero-order valence-electron chi connectivity index (χ0n) is 13.4. The maximum absolute atomic E-state index is 13.2. The number of fused-ring (bicyclic) bond motifs is 1. The van der Waals surface area contributed by atoms with Crippen LogP contribution in [0.1, 0.15) is 35.6 Å². The molecule has 3 rings (SSSR count). The van der Waals surface area contributed by atoms with Crippen molar-refractivity contribution in [3.63, 3.8) is 0 Å². The van der Waals surface area contributed by atoms with Crippen LogP contribution in [-0.4, -0.2) is 0 Å². The second-order valence-electron chi connectivity index (χ2n) is 6.02. The lowest BCUT2D eigenvalue weighted by molar-refractivity contribution is 0.446. The molecule has 0 saturated carbocycles. The highest BCUT2D eigenvalue weighted by molar-refractivity contribution is 5.46. The third kappa shape index (κ3) is 3.54. The van der Waals surface area contributed by atoms with Crippen molar-refractivity contribution in [2.75, 3.05) is 0 Å². The summed E-state index contributed by atoms with van der Waals surface area (Å²) in [5, 5.41) is 0. The van der Waals surface area contributed by atoms with Crippen molar-refractivity contribution in [1.82, 2.24) is 0 Å². The molecule has 0 spiro atoms. The highest BCUT2D eigenvalue weighted by atomic mass is 19.2. The molecule has 0 nitrogen and oxygen atoms in total. The summed E-state index contributed by atoms with van der Waals surface area (Å²) >= 11 is 0. The molecule has 1 unspecified atom stereocenters. The van der Waals surface area contributed by atoms with E-state index in [1.54, 1.807) is 0 Å². The lowest BCUT2D eigenvalue weighted by Crippen LogP contribution is -2.12. The summed E-state index contributed by atoms with van der Waals surface area (Å²) in [6, 6.07) is 7.84. The summed E-state index contributed by atoms with van der Waals surface area (Å²) < 4.78 is 39.4. The third-order valence-corrected chi connectivity index (χ3v) is 4.27. The normalized spacial score (nSPS) is 16.6. The van der Waals surface area contributed by atoms with Crippen LogP contribution in [0.5, 0.6) is 0 Å². The van der Waals surface area contributed by atoms with Gasteiger partial charge in [0.2, 0.25) is 0 Å². The predicted molar refractivity (Wildman–Crippen MR) is 89.1 cm³/mol. The molecular weight excluding hydrogens is 309 g/mol. The Kier molecular flexibility index (Phi) is 4.76. The molecule has 2 aromatic carbocycles. The minimum Gasteiger partial charge on any atom is -0.204 e. The van der Waals surface area contributed by atoms with Gasteiger partial charge in [0.25, 0.3) is 0 Å². The zero-order chi connectivity index (χ0) is 17.1. The fourth-order valence-electron chi connectivity index (χ4n) is 3.07. The number of benzene rings is 2. The highest BCUT2D eigenvalue weighted by Crippen LogP contribution is 2.27. The van der Waals surface area contributed by atoms with Crippen LogP contribution in [0.3, 0.4) is 0 Å². The van der Waals surface area contributed by atoms with Gasteiger partial charge in [-0.15, -0.1) is 0 Å². The second-order valence-corrected chi connectivity index (χ2v) is 6.02. The monoisotopic (exact) mass is 326 g/mol. The van der Waals surface area contributed by atoms with Gasteiger partial charge in [-0.3, -0.25) is 0 Å². The van der Waals surface area contributed by atoms with E-state index in [9.17, 15) is 13.2 Å². The molecule has 2 aromatic rings. The van der Waals surface area contributed by atoms with Gasteiger partial charge in [-0.2, -0.15) is 0 Å². The van der Waals surface area contributed by atoms with Crippen molar-refractivity contribution in [2.45, 2.75) is 26.2 Å². The smallest absolute Gasteiger partial charge is 0.194 e. The topological polar surface area (TPSA) is 0 Å². The molecule has 0 N–H and O–H groups in total. The van der Waals surface area contributed by atoms with Crippen LogP contribution in [0.15, 0.2) is 42.5 Å². The predicted octanol–water partition coefficient (Wildman–Crippen LogP) is 5.18. The van der Waals surface area contributed by atoms with Crippen molar-refractivity contribution in [3.8, 4) is 11.8 Å². The van der Waals surface area contributed by atoms with E-state index < -0.39 is 17.5 Å². The molecule has 0 aliphatic heterocycles. The molecule has 3 heteroatoms. The molecule has 1 aliphatic carbocycles. The first-order valence-corrected chi connectivity index (χ1v) is 7.98. The Balaban J connectivity index is 1.83. The fourth-order valence-corrected chi connectivity index (χ4v) is 3.07. The maximum atomic E-state index is 13.2. The standard InChI is InChI=1S/C21H17F3/c1-2-3-14-6-8-18-11-15(7-9-17(18)10-14)4-5-16-12-19(22)21(24)20(23)13-16/h2-3,7,9,11-14H,6,8,10H2,1H3. The second kappa shape index (κ2) is 6.97. The Morgan fingerprint density at radius 3 is 2.38 bits per heavy atom. The molecule has 1 aliphatic rings. The van der Waals surface area contributed by atoms with E-state index in [1.807, 2.05) is 19.1 Å². The van der Waals surface area contributed by atoms with E-state index in [2.05, 4.69) is 30.1 Å². The molecule has 0 fully saturated rings. The summed E-state index contributed by atoms with van der Waals surface area (Å²) in [6.07, 6.45) is 7.48. The van der Waals surface area contributed by atoms with E-state index >= 15 is 0 Å². The van der Waals surface area contributed by atoms with Crippen molar-refractivity contribution < 1.29 is 13.2 Å². The lowest BCUT2D eigenvalue weighted by Gasteiger charge is -2.22. The maximum Gasteiger partial charge on any atom is 0.194 e. The van der Waals surface area contributed by atoms with E-state index in [-0.39, 0.29) is 5.56 Å². The first-order chi connectivity index (χ1) is 11.6. The molecule has 0 bridgehead atoms. The van der Waals surface area contributed by atoms with E-state index in [4.69, 9.17) is 0 Å². The van der Waals surface area contributed by atoms with Crippen LogP contribution in [0.2, 0.25) is 0 Å². The third-order valence-electron chi connectivity index (χ3n) is 4.27. The van der Waals surface area contributed by atoms with Crippen molar-refractivity contribution >= 4 is 0 Å². The number of halogens is 3. The van der Waals surface area contributed by atoms with Crippen LogP contribution in [0, 0.1) is 35.2 Å². The van der Waals surface area contributed by atoms with Gasteiger partial charge >= 0.3 is 0 Å². The Hall–Kier alpha value is -2.47. The summed E-state index contributed by atoms with van der Waals surface area (Å²) in [7, 11) is 0. The zero-order valence-corrected chi connectivity index (χ0v) is 13.4. The highest BCUT2D eigenvalue weighted by Gasteiger charge is 2.16. The molecule has 0 aromatic heterocycles. The van der Waals surface area contributed by atoms with E-state index in [0.717, 1.165) is 37.0 Å². The Bertz CT molecular complexity index is 830. The van der Waals surface area contributed by atoms with Crippen LogP contribution in [0.25, 0.3) is 0 Å². The SMILES string of the molecule is CC=CC1CCc2cc(C#Cc3cc(F)c(F)c(F)c3)ccc2C1. The van der Waals surface area contributed by atoms with Crippen LogP contribution in [0.4, 0.5) is 13.2 Å². The number of aryl methyl sites for hydroxylation is 1. The minimum atomic E-state index is -1.47. The van der Waals surface area contributed by atoms with Crippen molar-refractivity contribution in [2.24, 2.45) is 5.92 Å². The van der Waals surface area contributed by atoms with Gasteiger partial charge in [-0.05, 0) is 67.5 Å². The van der Waals surface area contributed by atoms with Crippen LogP contribution < -0.4 is 0 Å². The molecule has 1 atom stereocenters. The van der Waals surface area contributed by atoms with Gasteiger partial charge in [0, 0.05) is 11.1 Å². The van der Waals surface area contributed by atoms with Crippen molar-refractivity contribution in [3.05, 3.63) is 82.2 Å². The van der Waals surface area contributed by atoms with Crippen LogP contribution >= 0.6 is 0 Å². The lowest BCUT2D eigenvalue weighted by atomic mass is 9.83. The summed E-state index contributed by atoms with van der Waals surface area (Å²) in [6.45, 7) is 2.04. The fraction of sp³-hybridized carbons (Fsp3) is 0.238. The largest absolute Gasteiger partial charge is 0.204 e. The summed E-state index contributed by atoms with van der Waals surface area (Å²) in [5.41, 5.74) is 3.52. The van der Waals surface area contributed by atoms with E-state index in [1.165, 1.54) is 11.1 Å². The van der Waals surface area contributed by atoms with Gasteiger partial charge in [-0.25, -0.2) is 13.2 Å². The molecule has 0 heterocycles. The van der Waals surface area contributed by atoms with Crippen molar-refractivity contribution in [1.29, 1.82) is 0 Å². The van der Waals surface area contributed by atoms with Gasteiger partial charge in [0.1, 0.15) is 0 Å². The molecule has 0 radical (unpaired) electrons. The molecule has 122 valence electrons. The van der Waals surface area contributed by atoms with E-state index in [0.29, 0.717) is 5.92 Å². The molecule has 0 amide bonds.